The van der Waals surface area contributed by atoms with Gasteiger partial charge in [-0.2, -0.15) is 0 Å². The van der Waals surface area contributed by atoms with Crippen LogP contribution < -0.4 is 5.32 Å². The molecule has 0 bridgehead atoms. The fourth-order valence-electron chi connectivity index (χ4n) is 2.66. The van der Waals surface area contributed by atoms with Crippen LogP contribution in [0, 0.1) is 5.92 Å². The molecule has 2 unspecified atom stereocenters. The second-order valence-corrected chi connectivity index (χ2v) is 4.92. The Labute approximate surface area is 97.3 Å². The lowest BCUT2D eigenvalue weighted by atomic mass is 9.95. The predicted molar refractivity (Wildman–Crippen MR) is 62.3 cm³/mol. The van der Waals surface area contributed by atoms with Crippen LogP contribution in [0.15, 0.2) is 0 Å². The smallest absolute Gasteiger partial charge is 0.410 e. The van der Waals surface area contributed by atoms with Gasteiger partial charge >= 0.3 is 6.09 Å². The Kier molecular flexibility index (Phi) is 3.69. The molecule has 0 saturated carbocycles. The number of amides is 1. The number of rotatable bonds is 3. The van der Waals surface area contributed by atoms with E-state index in [1.165, 1.54) is 0 Å². The van der Waals surface area contributed by atoms with Crippen LogP contribution >= 0.6 is 0 Å². The van der Waals surface area contributed by atoms with E-state index in [2.05, 4.69) is 19.2 Å². The Balaban J connectivity index is 2.05. The molecule has 0 spiro atoms. The van der Waals surface area contributed by atoms with Gasteiger partial charge in [0.15, 0.2) is 0 Å². The molecule has 1 N–H and O–H groups in total. The van der Waals surface area contributed by atoms with Crippen molar-refractivity contribution in [2.75, 3.05) is 19.7 Å². The average molecular weight is 226 g/mol. The van der Waals surface area contributed by atoms with Gasteiger partial charge in [0, 0.05) is 6.04 Å². The molecule has 92 valence electrons. The molecular formula is C12H22N2O2. The zero-order chi connectivity index (χ0) is 11.5. The van der Waals surface area contributed by atoms with Crippen LogP contribution in [0.1, 0.15) is 33.1 Å². The van der Waals surface area contributed by atoms with Gasteiger partial charge in [0.05, 0.1) is 6.04 Å². The van der Waals surface area contributed by atoms with E-state index in [1.807, 2.05) is 4.90 Å². The van der Waals surface area contributed by atoms with Crippen molar-refractivity contribution in [2.24, 2.45) is 5.92 Å². The summed E-state index contributed by atoms with van der Waals surface area (Å²) in [6.07, 6.45) is 3.12. The summed E-state index contributed by atoms with van der Waals surface area (Å²) < 4.78 is 5.22. The van der Waals surface area contributed by atoms with Crippen LogP contribution in [-0.4, -0.2) is 42.8 Å². The number of cyclic esters (lactones) is 1. The molecule has 2 heterocycles. The Morgan fingerprint density at radius 3 is 2.81 bits per heavy atom. The topological polar surface area (TPSA) is 41.6 Å². The molecule has 0 aliphatic carbocycles. The SMILES string of the molecule is CCC(C)C1COC(=O)N1C1CCNCC1. The molecule has 0 radical (unpaired) electrons. The second-order valence-electron chi connectivity index (χ2n) is 4.92. The number of ether oxygens (including phenoxy) is 1. The Morgan fingerprint density at radius 2 is 2.19 bits per heavy atom. The third-order valence-corrected chi connectivity index (χ3v) is 3.95. The summed E-state index contributed by atoms with van der Waals surface area (Å²) in [5.74, 6) is 0.529. The molecule has 2 saturated heterocycles. The van der Waals surface area contributed by atoms with Gasteiger partial charge in [0.25, 0.3) is 0 Å². The number of hydrogen-bond donors (Lipinski definition) is 1. The summed E-state index contributed by atoms with van der Waals surface area (Å²) >= 11 is 0. The lowest BCUT2D eigenvalue weighted by Gasteiger charge is -2.35. The minimum atomic E-state index is -0.0998. The number of nitrogens with one attached hydrogen (secondary N) is 1. The molecule has 16 heavy (non-hydrogen) atoms. The maximum atomic E-state index is 11.8. The molecule has 4 nitrogen and oxygen atoms in total. The van der Waals surface area contributed by atoms with Crippen molar-refractivity contribution >= 4 is 6.09 Å². The molecule has 0 aromatic carbocycles. The maximum absolute atomic E-state index is 11.8. The van der Waals surface area contributed by atoms with Gasteiger partial charge in [0.1, 0.15) is 6.61 Å². The van der Waals surface area contributed by atoms with E-state index in [-0.39, 0.29) is 6.09 Å². The van der Waals surface area contributed by atoms with Crippen molar-refractivity contribution in [3.63, 3.8) is 0 Å². The quantitative estimate of drug-likeness (QED) is 0.795. The highest BCUT2D eigenvalue weighted by Gasteiger charge is 2.40. The molecule has 2 fully saturated rings. The van der Waals surface area contributed by atoms with Crippen molar-refractivity contribution in [1.82, 2.24) is 10.2 Å². The van der Waals surface area contributed by atoms with Crippen LogP contribution in [0.5, 0.6) is 0 Å². The fraction of sp³-hybridized carbons (Fsp3) is 0.917. The Bertz CT molecular complexity index is 251. The monoisotopic (exact) mass is 226 g/mol. The van der Waals surface area contributed by atoms with Crippen LogP contribution in [0.25, 0.3) is 0 Å². The summed E-state index contributed by atoms with van der Waals surface area (Å²) in [4.78, 5) is 13.8. The maximum Gasteiger partial charge on any atom is 0.410 e. The molecule has 4 heteroatoms. The van der Waals surface area contributed by atoms with E-state index in [0.29, 0.717) is 24.6 Å². The molecule has 2 rings (SSSR count). The van der Waals surface area contributed by atoms with Gasteiger partial charge in [-0.1, -0.05) is 20.3 Å². The molecule has 0 aromatic rings. The van der Waals surface area contributed by atoms with E-state index in [0.717, 1.165) is 32.4 Å². The van der Waals surface area contributed by atoms with Crippen LogP contribution in [0.3, 0.4) is 0 Å². The first-order valence-corrected chi connectivity index (χ1v) is 6.39. The predicted octanol–water partition coefficient (Wildman–Crippen LogP) is 1.61. The zero-order valence-corrected chi connectivity index (χ0v) is 10.2. The Morgan fingerprint density at radius 1 is 1.50 bits per heavy atom. The Hall–Kier alpha value is -0.770. The van der Waals surface area contributed by atoms with E-state index >= 15 is 0 Å². The lowest BCUT2D eigenvalue weighted by molar-refractivity contribution is 0.125. The summed E-state index contributed by atoms with van der Waals surface area (Å²) in [6, 6.07) is 0.677. The molecule has 1 amide bonds. The van der Waals surface area contributed by atoms with Gasteiger partial charge < -0.3 is 10.1 Å². The largest absolute Gasteiger partial charge is 0.447 e. The molecule has 2 atom stereocenters. The standard InChI is InChI=1S/C12H22N2O2/c1-3-9(2)11-8-16-12(15)14(11)10-4-6-13-7-5-10/h9-11,13H,3-8H2,1-2H3. The summed E-state index contributed by atoms with van der Waals surface area (Å²) in [6.45, 7) is 7.00. The molecule has 2 aliphatic rings. The minimum absolute atomic E-state index is 0.0998. The van der Waals surface area contributed by atoms with E-state index in [9.17, 15) is 4.79 Å². The third kappa shape index (κ3) is 2.17. The highest BCUT2D eigenvalue weighted by Crippen LogP contribution is 2.27. The number of carbonyl (C=O) groups excluding carboxylic acids is 1. The van der Waals surface area contributed by atoms with Gasteiger partial charge in [0.2, 0.25) is 0 Å². The minimum Gasteiger partial charge on any atom is -0.447 e. The number of carbonyl (C=O) groups is 1. The lowest BCUT2D eigenvalue weighted by Crippen LogP contribution is -2.49. The van der Waals surface area contributed by atoms with Gasteiger partial charge in [-0.05, 0) is 31.8 Å². The number of piperidine rings is 1. The van der Waals surface area contributed by atoms with Crippen molar-refractivity contribution in [3.8, 4) is 0 Å². The number of nitrogens with zero attached hydrogens (tertiary/aromatic N) is 1. The molecule has 0 aromatic heterocycles. The van der Waals surface area contributed by atoms with Crippen LogP contribution in [0.2, 0.25) is 0 Å². The first kappa shape index (κ1) is 11.7. The normalized spacial score (nSPS) is 29.2. The van der Waals surface area contributed by atoms with E-state index in [1.54, 1.807) is 0 Å². The first-order valence-electron chi connectivity index (χ1n) is 6.39. The first-order chi connectivity index (χ1) is 7.74. The van der Waals surface area contributed by atoms with Gasteiger partial charge in [-0.25, -0.2) is 4.79 Å². The molecule has 2 aliphatic heterocycles. The number of hydrogen-bond acceptors (Lipinski definition) is 3. The highest BCUT2D eigenvalue weighted by molar-refractivity contribution is 5.70. The van der Waals surface area contributed by atoms with Crippen LogP contribution in [0.4, 0.5) is 4.79 Å². The van der Waals surface area contributed by atoms with Gasteiger partial charge in [-0.3, -0.25) is 4.90 Å². The third-order valence-electron chi connectivity index (χ3n) is 3.95. The fourth-order valence-corrected chi connectivity index (χ4v) is 2.66. The highest BCUT2D eigenvalue weighted by atomic mass is 16.6. The van der Waals surface area contributed by atoms with Crippen molar-refractivity contribution in [2.45, 2.75) is 45.2 Å². The summed E-state index contributed by atoms with van der Waals surface area (Å²) in [5, 5.41) is 3.33. The molecular weight excluding hydrogens is 204 g/mol. The second kappa shape index (κ2) is 5.04. The van der Waals surface area contributed by atoms with Crippen LogP contribution in [-0.2, 0) is 4.74 Å². The van der Waals surface area contributed by atoms with Gasteiger partial charge in [-0.15, -0.1) is 0 Å². The summed E-state index contributed by atoms with van der Waals surface area (Å²) in [7, 11) is 0. The van der Waals surface area contributed by atoms with Crippen molar-refractivity contribution < 1.29 is 9.53 Å². The average Bonchev–Trinajstić information content (AvgIpc) is 2.71. The van der Waals surface area contributed by atoms with E-state index in [4.69, 9.17) is 4.74 Å². The van der Waals surface area contributed by atoms with Crippen molar-refractivity contribution in [1.29, 1.82) is 0 Å². The zero-order valence-electron chi connectivity index (χ0n) is 10.2. The summed E-state index contributed by atoms with van der Waals surface area (Å²) in [5.41, 5.74) is 0. The van der Waals surface area contributed by atoms with Crippen molar-refractivity contribution in [3.05, 3.63) is 0 Å². The van der Waals surface area contributed by atoms with E-state index < -0.39 is 0 Å².